The molecule has 0 amide bonds. The lowest BCUT2D eigenvalue weighted by Gasteiger charge is -2.09. The Balaban J connectivity index is 2.60. The minimum absolute atomic E-state index is 0.532. The molecule has 15 heavy (non-hydrogen) atoms. The Hall–Kier alpha value is -1.69. The van der Waals surface area contributed by atoms with Crippen LogP contribution in [0, 0.1) is 17.2 Å². The van der Waals surface area contributed by atoms with Gasteiger partial charge >= 0.3 is 0 Å². The van der Waals surface area contributed by atoms with Crippen LogP contribution in [0.1, 0.15) is 25.8 Å². The minimum atomic E-state index is 0.532. The van der Waals surface area contributed by atoms with Gasteiger partial charge in [-0.1, -0.05) is 13.8 Å². The van der Waals surface area contributed by atoms with Crippen LogP contribution in [0.2, 0.25) is 0 Å². The van der Waals surface area contributed by atoms with E-state index in [-0.39, 0.29) is 0 Å². The zero-order valence-corrected chi connectivity index (χ0v) is 9.25. The van der Waals surface area contributed by atoms with Crippen LogP contribution in [0.3, 0.4) is 0 Å². The van der Waals surface area contributed by atoms with Crippen molar-refractivity contribution in [2.24, 2.45) is 5.92 Å². The molecule has 0 saturated carbocycles. The Bertz CT molecular complexity index is 364. The zero-order valence-electron chi connectivity index (χ0n) is 9.25. The third-order valence-electron chi connectivity index (χ3n) is 2.22. The maximum atomic E-state index is 8.80. The number of hydrogen-bond donors (Lipinski definition) is 2. The number of nitrogens with one attached hydrogen (secondary N) is 1. The summed E-state index contributed by atoms with van der Waals surface area (Å²) in [6, 6.07) is 7.52. The molecule has 1 aromatic carbocycles. The molecule has 0 radical (unpaired) electrons. The molecule has 1 rings (SSSR count). The number of nitrogens with two attached hydrogens (primary N) is 1. The molecule has 0 fully saturated rings. The first-order chi connectivity index (χ1) is 7.13. The van der Waals surface area contributed by atoms with E-state index in [1.165, 1.54) is 0 Å². The van der Waals surface area contributed by atoms with Crippen molar-refractivity contribution in [3.63, 3.8) is 0 Å². The van der Waals surface area contributed by atoms with E-state index < -0.39 is 0 Å². The van der Waals surface area contributed by atoms with Crippen LogP contribution in [-0.2, 0) is 0 Å². The van der Waals surface area contributed by atoms with E-state index in [2.05, 4.69) is 25.2 Å². The van der Waals surface area contributed by atoms with E-state index in [9.17, 15) is 0 Å². The van der Waals surface area contributed by atoms with E-state index in [1.807, 2.05) is 6.07 Å². The van der Waals surface area contributed by atoms with Crippen LogP contribution in [-0.4, -0.2) is 6.54 Å². The van der Waals surface area contributed by atoms with Crippen molar-refractivity contribution in [3.8, 4) is 6.07 Å². The molecule has 0 saturated heterocycles. The molecule has 80 valence electrons. The Kier molecular flexibility index (Phi) is 3.99. The van der Waals surface area contributed by atoms with E-state index in [4.69, 9.17) is 11.0 Å². The van der Waals surface area contributed by atoms with E-state index >= 15 is 0 Å². The second-order valence-electron chi connectivity index (χ2n) is 4.02. The number of nitrogen functional groups attached to an aromatic ring is 1. The van der Waals surface area contributed by atoms with Gasteiger partial charge in [-0.15, -0.1) is 0 Å². The lowest BCUT2D eigenvalue weighted by Crippen LogP contribution is -2.05. The molecule has 0 heterocycles. The molecule has 0 bridgehead atoms. The number of rotatable bonds is 4. The van der Waals surface area contributed by atoms with Crippen molar-refractivity contribution < 1.29 is 0 Å². The van der Waals surface area contributed by atoms with Crippen molar-refractivity contribution in [3.05, 3.63) is 23.8 Å². The van der Waals surface area contributed by atoms with Crippen molar-refractivity contribution >= 4 is 11.4 Å². The highest BCUT2D eigenvalue weighted by atomic mass is 14.9. The van der Waals surface area contributed by atoms with Gasteiger partial charge in [0.15, 0.2) is 0 Å². The second kappa shape index (κ2) is 5.26. The quantitative estimate of drug-likeness (QED) is 0.739. The van der Waals surface area contributed by atoms with E-state index in [0.717, 1.165) is 18.7 Å². The molecule has 1 aromatic rings. The van der Waals surface area contributed by atoms with Gasteiger partial charge in [0.25, 0.3) is 0 Å². The summed E-state index contributed by atoms with van der Waals surface area (Å²) in [6.45, 7) is 5.29. The summed E-state index contributed by atoms with van der Waals surface area (Å²) in [4.78, 5) is 0. The predicted molar refractivity (Wildman–Crippen MR) is 63.5 cm³/mol. The highest BCUT2D eigenvalue weighted by molar-refractivity contribution is 5.61. The van der Waals surface area contributed by atoms with Crippen LogP contribution in [0.15, 0.2) is 18.2 Å². The molecule has 0 aliphatic rings. The molecule has 0 aliphatic carbocycles. The fourth-order valence-corrected chi connectivity index (χ4v) is 1.27. The first-order valence-corrected chi connectivity index (χ1v) is 5.17. The summed E-state index contributed by atoms with van der Waals surface area (Å²) in [7, 11) is 0. The number of nitrogens with zero attached hydrogens (tertiary/aromatic N) is 1. The minimum Gasteiger partial charge on any atom is -0.398 e. The lowest BCUT2D eigenvalue weighted by molar-refractivity contribution is 0.607. The smallest absolute Gasteiger partial charge is 0.101 e. The first kappa shape index (κ1) is 11.4. The standard InChI is InChI=1S/C12H17N3/c1-9(2)5-6-15-11-3-4-12(14)10(7-11)8-13/h3-4,7,9,15H,5-6,14H2,1-2H3. The molecule has 3 N–H and O–H groups in total. The fourth-order valence-electron chi connectivity index (χ4n) is 1.27. The van der Waals surface area contributed by atoms with Crippen LogP contribution in [0.5, 0.6) is 0 Å². The zero-order chi connectivity index (χ0) is 11.3. The summed E-state index contributed by atoms with van der Waals surface area (Å²) in [6.07, 6.45) is 1.12. The molecule has 0 unspecified atom stereocenters. The highest BCUT2D eigenvalue weighted by Crippen LogP contribution is 2.16. The van der Waals surface area contributed by atoms with Crippen molar-refractivity contribution in [1.82, 2.24) is 0 Å². The third-order valence-corrected chi connectivity index (χ3v) is 2.22. The molecular formula is C12H17N3. The second-order valence-corrected chi connectivity index (χ2v) is 4.02. The Labute approximate surface area is 90.9 Å². The molecule has 0 aliphatic heterocycles. The Morgan fingerprint density at radius 3 is 2.80 bits per heavy atom. The Morgan fingerprint density at radius 2 is 2.20 bits per heavy atom. The summed E-state index contributed by atoms with van der Waals surface area (Å²) < 4.78 is 0. The number of hydrogen-bond acceptors (Lipinski definition) is 3. The van der Waals surface area contributed by atoms with Gasteiger partial charge in [0.1, 0.15) is 6.07 Å². The monoisotopic (exact) mass is 203 g/mol. The van der Waals surface area contributed by atoms with Crippen molar-refractivity contribution in [2.75, 3.05) is 17.6 Å². The summed E-state index contributed by atoms with van der Waals surface area (Å²) >= 11 is 0. The van der Waals surface area contributed by atoms with E-state index in [0.29, 0.717) is 17.2 Å². The molecule has 3 heteroatoms. The van der Waals surface area contributed by atoms with Crippen LogP contribution in [0.25, 0.3) is 0 Å². The first-order valence-electron chi connectivity index (χ1n) is 5.17. The maximum absolute atomic E-state index is 8.80. The van der Waals surface area contributed by atoms with Gasteiger partial charge < -0.3 is 11.1 Å². The SMILES string of the molecule is CC(C)CCNc1ccc(N)c(C#N)c1. The summed E-state index contributed by atoms with van der Waals surface area (Å²) in [5, 5.41) is 12.1. The molecule has 0 spiro atoms. The average molecular weight is 203 g/mol. The average Bonchev–Trinajstić information content (AvgIpc) is 2.20. The topological polar surface area (TPSA) is 61.8 Å². The highest BCUT2D eigenvalue weighted by Gasteiger charge is 2.00. The van der Waals surface area contributed by atoms with Gasteiger partial charge in [0.2, 0.25) is 0 Å². The largest absolute Gasteiger partial charge is 0.398 e. The number of anilines is 2. The molecule has 0 aromatic heterocycles. The normalized spacial score (nSPS) is 10.0. The van der Waals surface area contributed by atoms with Gasteiger partial charge in [-0.05, 0) is 30.5 Å². The Morgan fingerprint density at radius 1 is 1.47 bits per heavy atom. The summed E-state index contributed by atoms with van der Waals surface area (Å²) in [5.74, 6) is 0.682. The number of benzene rings is 1. The van der Waals surface area contributed by atoms with Crippen LogP contribution < -0.4 is 11.1 Å². The van der Waals surface area contributed by atoms with Crippen LogP contribution in [0.4, 0.5) is 11.4 Å². The van der Waals surface area contributed by atoms with Crippen molar-refractivity contribution in [2.45, 2.75) is 20.3 Å². The van der Waals surface area contributed by atoms with Gasteiger partial charge in [-0.3, -0.25) is 0 Å². The van der Waals surface area contributed by atoms with E-state index in [1.54, 1.807) is 12.1 Å². The fraction of sp³-hybridized carbons (Fsp3) is 0.417. The van der Waals surface area contributed by atoms with Gasteiger partial charge in [-0.2, -0.15) is 5.26 Å². The van der Waals surface area contributed by atoms with Crippen LogP contribution >= 0.6 is 0 Å². The molecule has 3 nitrogen and oxygen atoms in total. The molecule has 0 atom stereocenters. The maximum Gasteiger partial charge on any atom is 0.101 e. The van der Waals surface area contributed by atoms with Gasteiger partial charge in [0, 0.05) is 17.9 Å². The molecular weight excluding hydrogens is 186 g/mol. The number of nitriles is 1. The van der Waals surface area contributed by atoms with Gasteiger partial charge in [0.05, 0.1) is 5.56 Å². The predicted octanol–water partition coefficient (Wildman–Crippen LogP) is 2.60. The summed E-state index contributed by atoms with van der Waals surface area (Å²) in [5.41, 5.74) is 7.65. The third kappa shape index (κ3) is 3.51. The lowest BCUT2D eigenvalue weighted by atomic mass is 10.1. The van der Waals surface area contributed by atoms with Crippen molar-refractivity contribution in [1.29, 1.82) is 5.26 Å². The van der Waals surface area contributed by atoms with Gasteiger partial charge in [-0.25, -0.2) is 0 Å².